The minimum absolute atomic E-state index is 0.0258. The molecular formula is C11H12F3N5O2. The van der Waals surface area contributed by atoms with Crippen LogP contribution in [0.25, 0.3) is 0 Å². The highest BCUT2D eigenvalue weighted by Gasteiger charge is 2.41. The minimum atomic E-state index is -4.59. The van der Waals surface area contributed by atoms with E-state index in [1.807, 2.05) is 13.8 Å². The molecule has 0 radical (unpaired) electrons. The summed E-state index contributed by atoms with van der Waals surface area (Å²) >= 11 is 0. The van der Waals surface area contributed by atoms with Gasteiger partial charge in [-0.25, -0.2) is 0 Å². The van der Waals surface area contributed by atoms with E-state index >= 15 is 0 Å². The highest BCUT2D eigenvalue weighted by atomic mass is 19.4. The van der Waals surface area contributed by atoms with Gasteiger partial charge in [-0.2, -0.15) is 18.2 Å². The van der Waals surface area contributed by atoms with Gasteiger partial charge in [0.1, 0.15) is 0 Å². The molecule has 0 bridgehead atoms. The van der Waals surface area contributed by atoms with Crippen LogP contribution in [0.4, 0.5) is 19.2 Å². The molecule has 1 aliphatic heterocycles. The Morgan fingerprint density at radius 2 is 1.95 bits per heavy atom. The molecule has 1 aliphatic rings. The fourth-order valence-electron chi connectivity index (χ4n) is 1.89. The van der Waals surface area contributed by atoms with E-state index in [-0.39, 0.29) is 17.7 Å². The number of hydrogen-bond acceptors (Lipinski definition) is 7. The molecule has 1 saturated heterocycles. The van der Waals surface area contributed by atoms with Crippen LogP contribution in [0.5, 0.6) is 0 Å². The van der Waals surface area contributed by atoms with Crippen molar-refractivity contribution in [3.05, 3.63) is 17.6 Å². The predicted octanol–water partition coefficient (Wildman–Crippen LogP) is 2.20. The van der Waals surface area contributed by atoms with Gasteiger partial charge in [0.05, 0.1) is 5.92 Å². The van der Waals surface area contributed by atoms with Crippen molar-refractivity contribution in [1.29, 1.82) is 0 Å². The summed E-state index contributed by atoms with van der Waals surface area (Å²) in [5.74, 6) is -0.903. The summed E-state index contributed by atoms with van der Waals surface area (Å²) in [6, 6.07) is 0.352. The second-order valence-electron chi connectivity index (χ2n) is 5.13. The minimum Gasteiger partial charge on any atom is -0.408 e. The van der Waals surface area contributed by atoms with Crippen molar-refractivity contribution in [2.24, 2.45) is 0 Å². The zero-order valence-corrected chi connectivity index (χ0v) is 11.3. The molecule has 0 aromatic carbocycles. The molecule has 0 aliphatic carbocycles. The first-order chi connectivity index (χ1) is 9.84. The molecule has 10 heteroatoms. The van der Waals surface area contributed by atoms with Gasteiger partial charge in [-0.1, -0.05) is 24.1 Å². The number of anilines is 1. The third kappa shape index (κ3) is 2.57. The van der Waals surface area contributed by atoms with E-state index in [2.05, 4.69) is 24.9 Å². The summed E-state index contributed by atoms with van der Waals surface area (Å²) < 4.78 is 47.2. The first-order valence-corrected chi connectivity index (χ1v) is 6.33. The quantitative estimate of drug-likeness (QED) is 0.859. The summed E-state index contributed by atoms with van der Waals surface area (Å²) in [6.07, 6.45) is -4.59. The lowest BCUT2D eigenvalue weighted by Crippen LogP contribution is -2.45. The lowest BCUT2D eigenvalue weighted by Gasteiger charge is -2.35. The number of nitrogens with zero attached hydrogens (tertiary/aromatic N) is 5. The van der Waals surface area contributed by atoms with Crippen LogP contribution in [0.15, 0.2) is 8.94 Å². The van der Waals surface area contributed by atoms with Crippen LogP contribution in [0.1, 0.15) is 43.3 Å². The third-order valence-electron chi connectivity index (χ3n) is 3.12. The van der Waals surface area contributed by atoms with Crippen LogP contribution in [0.2, 0.25) is 0 Å². The van der Waals surface area contributed by atoms with E-state index in [0.29, 0.717) is 25.0 Å². The molecule has 21 heavy (non-hydrogen) atoms. The summed E-state index contributed by atoms with van der Waals surface area (Å²) in [7, 11) is 0. The molecule has 7 nitrogen and oxygen atoms in total. The number of rotatable bonds is 3. The van der Waals surface area contributed by atoms with E-state index in [9.17, 15) is 13.2 Å². The zero-order chi connectivity index (χ0) is 15.2. The Morgan fingerprint density at radius 1 is 1.24 bits per heavy atom. The molecule has 0 unspecified atom stereocenters. The Balaban J connectivity index is 1.64. The molecule has 3 heterocycles. The molecule has 0 N–H and O–H groups in total. The Morgan fingerprint density at radius 3 is 2.48 bits per heavy atom. The summed E-state index contributed by atoms with van der Waals surface area (Å²) in [4.78, 5) is 5.12. The molecule has 2 aromatic rings. The molecule has 3 rings (SSSR count). The van der Waals surface area contributed by atoms with E-state index in [0.717, 1.165) is 0 Å². The van der Waals surface area contributed by atoms with Crippen LogP contribution in [0.3, 0.4) is 0 Å². The monoisotopic (exact) mass is 303 g/mol. The Labute approximate surface area is 117 Å². The van der Waals surface area contributed by atoms with Crippen LogP contribution in [0, 0.1) is 0 Å². The van der Waals surface area contributed by atoms with Crippen LogP contribution >= 0.6 is 0 Å². The van der Waals surface area contributed by atoms with Crippen molar-refractivity contribution in [2.75, 3.05) is 18.0 Å². The fourth-order valence-corrected chi connectivity index (χ4v) is 1.89. The average Bonchev–Trinajstić information content (AvgIpc) is 2.94. The van der Waals surface area contributed by atoms with E-state index in [1.165, 1.54) is 0 Å². The maximum atomic E-state index is 12.4. The maximum absolute atomic E-state index is 12.4. The van der Waals surface area contributed by atoms with Crippen molar-refractivity contribution >= 4 is 6.01 Å². The normalized spacial score (nSPS) is 16.6. The van der Waals surface area contributed by atoms with E-state index in [4.69, 9.17) is 4.42 Å². The largest absolute Gasteiger partial charge is 0.455 e. The van der Waals surface area contributed by atoms with Gasteiger partial charge in [-0.3, -0.25) is 0 Å². The molecule has 2 aromatic heterocycles. The molecule has 114 valence electrons. The number of aromatic nitrogens is 4. The predicted molar refractivity (Wildman–Crippen MR) is 62.6 cm³/mol. The molecule has 0 amide bonds. The van der Waals surface area contributed by atoms with Crippen molar-refractivity contribution in [1.82, 2.24) is 20.3 Å². The standard InChI is InChI=1S/C11H12F3N5O2/c1-5(2)7-16-17-10(20-7)19-3-6(4-19)8-15-9(18-21-8)11(12,13)14/h5-6H,3-4H2,1-2H3. The molecule has 1 fully saturated rings. The fraction of sp³-hybridized carbons (Fsp3) is 0.636. The SMILES string of the molecule is CC(C)c1nnc(N2CC(c3nc(C(F)(F)F)no3)C2)o1. The van der Waals surface area contributed by atoms with E-state index in [1.54, 1.807) is 4.90 Å². The molecule has 0 atom stereocenters. The smallest absolute Gasteiger partial charge is 0.408 e. The zero-order valence-electron chi connectivity index (χ0n) is 11.3. The van der Waals surface area contributed by atoms with Gasteiger partial charge in [-0.05, 0) is 0 Å². The summed E-state index contributed by atoms with van der Waals surface area (Å²) in [5, 5.41) is 10.7. The molecule has 0 saturated carbocycles. The molecule has 0 spiro atoms. The maximum Gasteiger partial charge on any atom is 0.455 e. The molecular weight excluding hydrogens is 291 g/mol. The van der Waals surface area contributed by atoms with E-state index < -0.39 is 12.0 Å². The number of halogens is 3. The highest BCUT2D eigenvalue weighted by Crippen LogP contribution is 2.33. The first kappa shape index (κ1) is 13.8. The Hall–Kier alpha value is -2.13. The van der Waals surface area contributed by atoms with Crippen LogP contribution < -0.4 is 4.90 Å². The number of hydrogen-bond donors (Lipinski definition) is 0. The lowest BCUT2D eigenvalue weighted by molar-refractivity contribution is -0.146. The highest BCUT2D eigenvalue weighted by molar-refractivity contribution is 5.33. The van der Waals surface area contributed by atoms with Gasteiger partial charge in [0.2, 0.25) is 11.8 Å². The second-order valence-corrected chi connectivity index (χ2v) is 5.13. The number of alkyl halides is 3. The van der Waals surface area contributed by atoms with Gasteiger partial charge in [0.25, 0.3) is 5.82 Å². The van der Waals surface area contributed by atoms with Crippen molar-refractivity contribution in [2.45, 2.75) is 31.9 Å². The van der Waals surface area contributed by atoms with Gasteiger partial charge < -0.3 is 13.8 Å². The lowest BCUT2D eigenvalue weighted by atomic mass is 10.0. The average molecular weight is 303 g/mol. The van der Waals surface area contributed by atoms with Crippen molar-refractivity contribution < 1.29 is 22.1 Å². The third-order valence-corrected chi connectivity index (χ3v) is 3.12. The first-order valence-electron chi connectivity index (χ1n) is 6.33. The van der Waals surface area contributed by atoms with Gasteiger partial charge in [0.15, 0.2) is 0 Å². The Bertz CT molecular complexity index is 630. The van der Waals surface area contributed by atoms with Gasteiger partial charge >= 0.3 is 12.2 Å². The van der Waals surface area contributed by atoms with Crippen molar-refractivity contribution in [3.8, 4) is 0 Å². The van der Waals surface area contributed by atoms with Crippen molar-refractivity contribution in [3.63, 3.8) is 0 Å². The Kier molecular flexibility index (Phi) is 3.10. The van der Waals surface area contributed by atoms with Gasteiger partial charge in [-0.15, -0.1) is 5.10 Å². The van der Waals surface area contributed by atoms with Gasteiger partial charge in [0, 0.05) is 19.0 Å². The van der Waals surface area contributed by atoms with Crippen LogP contribution in [-0.4, -0.2) is 33.4 Å². The van der Waals surface area contributed by atoms with Crippen LogP contribution in [-0.2, 0) is 6.18 Å². The topological polar surface area (TPSA) is 81.1 Å². The summed E-state index contributed by atoms with van der Waals surface area (Å²) in [6.45, 7) is 4.65. The summed E-state index contributed by atoms with van der Waals surface area (Å²) in [5.41, 5.74) is 0. The second kappa shape index (κ2) is 4.71.